The highest BCUT2D eigenvalue weighted by Gasteiger charge is 2.77. The molecule has 0 bridgehead atoms. The van der Waals surface area contributed by atoms with Crippen LogP contribution in [0.3, 0.4) is 0 Å². The molecule has 5 aliphatic heterocycles. The molecule has 324 valence electrons. The van der Waals surface area contributed by atoms with E-state index in [4.69, 9.17) is 47.4 Å². The minimum atomic E-state index is -1.89. The molecule has 5 fully saturated rings. The van der Waals surface area contributed by atoms with Crippen LogP contribution in [-0.4, -0.2) is 200 Å². The molecule has 1 aliphatic carbocycles. The number of fused-ring (bicyclic) bond motifs is 3. The predicted molar refractivity (Wildman–Crippen MR) is 186 cm³/mol. The molecule has 1 aromatic rings. The Morgan fingerprint density at radius 1 is 0.724 bits per heavy atom. The smallest absolute Gasteiger partial charge is 0.331 e. The Bertz CT molecular complexity index is 1610. The quantitative estimate of drug-likeness (QED) is 0.0508. The fourth-order valence-corrected chi connectivity index (χ4v) is 8.27. The fourth-order valence-electron chi connectivity index (χ4n) is 8.27. The topological polar surface area (TPSA) is 315 Å². The maximum atomic E-state index is 13.2. The van der Waals surface area contributed by atoms with Crippen molar-refractivity contribution in [3.05, 3.63) is 48.2 Å². The van der Waals surface area contributed by atoms with Gasteiger partial charge in [-0.05, 0) is 36.8 Å². The van der Waals surface area contributed by atoms with Crippen molar-refractivity contribution in [2.24, 2.45) is 11.8 Å². The lowest BCUT2D eigenvalue weighted by Crippen LogP contribution is -2.65. The molecular formula is C37H50O21. The van der Waals surface area contributed by atoms with Gasteiger partial charge in [0.15, 0.2) is 25.0 Å². The first kappa shape index (κ1) is 43.2. The zero-order valence-electron chi connectivity index (χ0n) is 31.2. The van der Waals surface area contributed by atoms with Crippen LogP contribution in [0.5, 0.6) is 5.75 Å². The highest BCUT2D eigenvalue weighted by atomic mass is 16.8. The van der Waals surface area contributed by atoms with Crippen molar-refractivity contribution in [3.8, 4) is 5.75 Å². The van der Waals surface area contributed by atoms with Gasteiger partial charge in [0.25, 0.3) is 0 Å². The molecule has 5 heterocycles. The van der Waals surface area contributed by atoms with Gasteiger partial charge in [0.05, 0.1) is 51.3 Å². The highest BCUT2D eigenvalue weighted by molar-refractivity contribution is 5.87. The Morgan fingerprint density at radius 2 is 1.31 bits per heavy atom. The second-order valence-electron chi connectivity index (χ2n) is 15.0. The number of benzene rings is 1. The number of aliphatic hydroxyl groups excluding tert-OH is 10. The van der Waals surface area contributed by atoms with Gasteiger partial charge in [-0.3, -0.25) is 0 Å². The number of epoxide rings is 1. The Hall–Kier alpha value is -2.91. The number of carbonyl (C=O) groups excluding carboxylic acids is 1. The summed E-state index contributed by atoms with van der Waals surface area (Å²) < 4.78 is 58.0. The van der Waals surface area contributed by atoms with E-state index in [2.05, 4.69) is 0 Å². The number of ether oxygens (including phenoxy) is 10. The molecule has 0 aromatic heterocycles. The van der Waals surface area contributed by atoms with Gasteiger partial charge in [-0.1, -0.05) is 12.1 Å². The third-order valence-electron chi connectivity index (χ3n) is 11.6. The van der Waals surface area contributed by atoms with Crippen LogP contribution in [-0.2, 0) is 47.4 Å². The number of methoxy groups -OCH3 is 1. The van der Waals surface area contributed by atoms with Gasteiger partial charge in [-0.15, -0.1) is 0 Å². The second-order valence-corrected chi connectivity index (χ2v) is 15.0. The molecule has 0 spiro atoms. The highest BCUT2D eigenvalue weighted by Crippen LogP contribution is 2.61. The average molecular weight is 831 g/mol. The van der Waals surface area contributed by atoms with E-state index in [0.717, 1.165) is 6.08 Å². The van der Waals surface area contributed by atoms with Crippen LogP contribution < -0.4 is 4.74 Å². The van der Waals surface area contributed by atoms with Gasteiger partial charge >= 0.3 is 5.97 Å². The fraction of sp³-hybridized carbons (Fsp3) is 0.703. The summed E-state index contributed by atoms with van der Waals surface area (Å²) in [6.45, 7) is -0.527. The summed E-state index contributed by atoms with van der Waals surface area (Å²) >= 11 is 0. The average Bonchev–Trinajstić information content (AvgIpc) is 3.90. The molecule has 1 aromatic carbocycles. The lowest BCUT2D eigenvalue weighted by Gasteiger charge is -2.47. The molecule has 0 radical (unpaired) electrons. The summed E-state index contributed by atoms with van der Waals surface area (Å²) in [5.74, 6) is -1.80. The van der Waals surface area contributed by atoms with E-state index in [1.54, 1.807) is 30.3 Å². The molecule has 0 amide bonds. The standard InChI is InChI=1S/C37H50O21/c1-14-29(54-20(41)8-5-15-3-6-16(49-2)7-4-15)31(56-34-26(46)24(44)22(42)18(11-38)52-34)28(48)36(51-14)55-30-17-9-10-50-33(21(17)37(13-40)32(30)58-37)57-35-27(47)25(45)23(43)19(12-39)53-35/h3-10,14,17-19,21-36,38-40,42-48H,11-13H2,1-2H3/b8-5+/t14-,17+,18+,19+,21+,22+,23+,24-,25-,26+,27+,28+,29-,30-,31-,32-,33-,34-,35-,36-,37+/m0/s1. The minimum Gasteiger partial charge on any atom is -0.497 e. The van der Waals surface area contributed by atoms with Crippen LogP contribution in [0.1, 0.15) is 12.5 Å². The van der Waals surface area contributed by atoms with Crippen molar-refractivity contribution >= 4 is 12.0 Å². The molecule has 58 heavy (non-hydrogen) atoms. The molecule has 21 nitrogen and oxygen atoms in total. The first-order chi connectivity index (χ1) is 27.8. The van der Waals surface area contributed by atoms with Gasteiger partial charge in [0.1, 0.15) is 78.5 Å². The van der Waals surface area contributed by atoms with Gasteiger partial charge in [0, 0.05) is 12.0 Å². The minimum absolute atomic E-state index is 0.556. The molecule has 1 saturated carbocycles. The molecule has 21 heteroatoms. The van der Waals surface area contributed by atoms with E-state index in [1.165, 1.54) is 26.4 Å². The number of hydrogen-bond donors (Lipinski definition) is 10. The summed E-state index contributed by atoms with van der Waals surface area (Å²) in [5.41, 5.74) is -0.697. The van der Waals surface area contributed by atoms with Crippen LogP contribution in [0.2, 0.25) is 0 Å². The molecular weight excluding hydrogens is 780 g/mol. The lowest BCUT2D eigenvalue weighted by molar-refractivity contribution is -0.364. The van der Waals surface area contributed by atoms with Crippen LogP contribution in [0.4, 0.5) is 0 Å². The van der Waals surface area contributed by atoms with Gasteiger partial charge in [0.2, 0.25) is 6.29 Å². The summed E-state index contributed by atoms with van der Waals surface area (Å²) in [6, 6.07) is 6.78. The van der Waals surface area contributed by atoms with Crippen molar-refractivity contribution in [1.82, 2.24) is 0 Å². The van der Waals surface area contributed by atoms with E-state index in [-0.39, 0.29) is 0 Å². The molecule has 10 N–H and O–H groups in total. The third-order valence-corrected chi connectivity index (χ3v) is 11.6. The Balaban J connectivity index is 1.10. The molecule has 4 saturated heterocycles. The van der Waals surface area contributed by atoms with Crippen molar-refractivity contribution in [1.29, 1.82) is 0 Å². The van der Waals surface area contributed by atoms with Gasteiger partial charge < -0.3 is 98.4 Å². The van der Waals surface area contributed by atoms with Crippen LogP contribution >= 0.6 is 0 Å². The van der Waals surface area contributed by atoms with E-state index in [9.17, 15) is 55.9 Å². The van der Waals surface area contributed by atoms with E-state index < -0.39 is 154 Å². The van der Waals surface area contributed by atoms with E-state index in [1.807, 2.05) is 0 Å². The lowest BCUT2D eigenvalue weighted by atomic mass is 9.85. The largest absolute Gasteiger partial charge is 0.497 e. The molecule has 7 rings (SSSR count). The van der Waals surface area contributed by atoms with Gasteiger partial charge in [-0.25, -0.2) is 4.79 Å². The Kier molecular flexibility index (Phi) is 13.1. The van der Waals surface area contributed by atoms with Crippen molar-refractivity contribution in [2.75, 3.05) is 26.9 Å². The summed E-state index contributed by atoms with van der Waals surface area (Å²) in [7, 11) is 1.51. The van der Waals surface area contributed by atoms with E-state index in [0.29, 0.717) is 11.3 Å². The summed E-state index contributed by atoms with van der Waals surface area (Å²) in [5, 5.41) is 105. The number of aliphatic hydroxyl groups is 10. The number of esters is 1. The summed E-state index contributed by atoms with van der Waals surface area (Å²) in [6.07, 6.45) is -21.7. The molecule has 21 atom stereocenters. The van der Waals surface area contributed by atoms with Crippen molar-refractivity contribution < 1.29 is 103 Å². The number of rotatable bonds is 13. The normalized spacial score (nSPS) is 47.2. The van der Waals surface area contributed by atoms with Crippen LogP contribution in [0.15, 0.2) is 42.7 Å². The number of carbonyl (C=O) groups is 1. The van der Waals surface area contributed by atoms with E-state index >= 15 is 0 Å². The third kappa shape index (κ3) is 8.01. The number of hydrogen-bond acceptors (Lipinski definition) is 21. The molecule has 0 unspecified atom stereocenters. The SMILES string of the molecule is COc1ccc(/C=C/C(=O)O[C@@H]2[C@@H](O[C@@H]3O[C@H](CO)[C@@H](O)[C@H](O)[C@H]3O)[C@@H](O)[C@H](O[C@H]3[C@@H]4C=CO[C@@H](O[C@@H]5O[C@H](CO)[C@@H](O)[C@H](O)[C@H]5O)[C@@H]4[C@@]4(CO)O[C@@H]34)O[C@H]2C)cc1. The zero-order chi connectivity index (χ0) is 41.6. The van der Waals surface area contributed by atoms with Crippen molar-refractivity contribution in [2.45, 2.75) is 123 Å². The summed E-state index contributed by atoms with van der Waals surface area (Å²) in [4.78, 5) is 13.2. The van der Waals surface area contributed by atoms with Gasteiger partial charge in [-0.2, -0.15) is 0 Å². The maximum absolute atomic E-state index is 13.2. The monoisotopic (exact) mass is 830 g/mol. The predicted octanol–water partition coefficient (Wildman–Crippen LogP) is -4.64. The van der Waals surface area contributed by atoms with Crippen molar-refractivity contribution in [3.63, 3.8) is 0 Å². The maximum Gasteiger partial charge on any atom is 0.331 e. The first-order valence-electron chi connectivity index (χ1n) is 18.8. The van der Waals surface area contributed by atoms with Crippen LogP contribution in [0.25, 0.3) is 6.08 Å². The Morgan fingerprint density at radius 3 is 1.90 bits per heavy atom. The molecule has 6 aliphatic rings. The van der Waals surface area contributed by atoms with Crippen LogP contribution in [0, 0.1) is 11.8 Å². The zero-order valence-corrected chi connectivity index (χ0v) is 31.2. The first-order valence-corrected chi connectivity index (χ1v) is 18.8. The second kappa shape index (κ2) is 17.6. The Labute approximate surface area is 331 Å².